The van der Waals surface area contributed by atoms with Gasteiger partial charge in [-0.3, -0.25) is 4.79 Å². The normalized spacial score (nSPS) is 16.1. The molecule has 1 fully saturated rings. The lowest BCUT2D eigenvalue weighted by atomic mass is 10.2. The maximum Gasteiger partial charge on any atom is 0.225 e. The minimum absolute atomic E-state index is 0.315. The fourth-order valence-electron chi connectivity index (χ4n) is 1.56. The topological polar surface area (TPSA) is 20.3 Å². The number of hydrogen-bond donors (Lipinski definition) is 0. The van der Waals surface area contributed by atoms with Crippen molar-refractivity contribution in [2.24, 2.45) is 5.92 Å². The average Bonchev–Trinajstić information content (AvgIpc) is 3.10. The van der Waals surface area contributed by atoms with Gasteiger partial charge < -0.3 is 4.90 Å². The van der Waals surface area contributed by atoms with Gasteiger partial charge >= 0.3 is 0 Å². The molecule has 0 aromatic carbocycles. The molecule has 0 radical (unpaired) electrons. The van der Waals surface area contributed by atoms with E-state index in [1.807, 2.05) is 11.9 Å². The fraction of sp³-hybridized carbons (Fsp3) is 0.643. The molecule has 0 heterocycles. The lowest BCUT2D eigenvalue weighted by molar-refractivity contribution is -0.130. The summed E-state index contributed by atoms with van der Waals surface area (Å²) in [5, 5.41) is 0. The fourth-order valence-corrected chi connectivity index (χ4v) is 1.56. The van der Waals surface area contributed by atoms with Crippen LogP contribution >= 0.6 is 0 Å². The average molecular weight is 221 g/mol. The van der Waals surface area contributed by atoms with E-state index in [4.69, 9.17) is 0 Å². The Bertz CT molecular complexity index is 264. The lowest BCUT2D eigenvalue weighted by Gasteiger charge is -2.13. The minimum atomic E-state index is 0.315. The highest BCUT2D eigenvalue weighted by Gasteiger charge is 2.31. The van der Waals surface area contributed by atoms with Crippen molar-refractivity contribution in [3.05, 3.63) is 24.3 Å². The van der Waals surface area contributed by atoms with E-state index in [-0.39, 0.29) is 0 Å². The van der Waals surface area contributed by atoms with Crippen LogP contribution in [0.4, 0.5) is 0 Å². The number of unbranched alkanes of at least 4 members (excludes halogenated alkanes) is 1. The molecule has 0 aliphatic heterocycles. The Balaban J connectivity index is 2.06. The van der Waals surface area contributed by atoms with Crippen LogP contribution in [0.15, 0.2) is 24.3 Å². The summed E-state index contributed by atoms with van der Waals surface area (Å²) in [5.41, 5.74) is 0. The summed E-state index contributed by atoms with van der Waals surface area (Å²) in [4.78, 5) is 13.4. The van der Waals surface area contributed by atoms with Gasteiger partial charge in [0.05, 0.1) is 0 Å². The molecular formula is C14H23NO. The Kier molecular flexibility index (Phi) is 5.91. The van der Waals surface area contributed by atoms with Crippen LogP contribution in [0.5, 0.6) is 0 Å². The molecule has 0 N–H and O–H groups in total. The van der Waals surface area contributed by atoms with Crippen LogP contribution in [0.2, 0.25) is 0 Å². The van der Waals surface area contributed by atoms with E-state index < -0.39 is 0 Å². The third-order valence-corrected chi connectivity index (χ3v) is 2.75. The second-order valence-electron chi connectivity index (χ2n) is 4.42. The quantitative estimate of drug-likeness (QED) is 0.477. The van der Waals surface area contributed by atoms with E-state index >= 15 is 0 Å². The van der Waals surface area contributed by atoms with Crippen LogP contribution in [-0.2, 0) is 4.79 Å². The van der Waals surface area contributed by atoms with Crippen LogP contribution < -0.4 is 0 Å². The molecule has 1 aliphatic carbocycles. The van der Waals surface area contributed by atoms with Gasteiger partial charge in [0.1, 0.15) is 0 Å². The van der Waals surface area contributed by atoms with Gasteiger partial charge in [0.2, 0.25) is 5.91 Å². The van der Waals surface area contributed by atoms with Gasteiger partial charge in [-0.1, -0.05) is 31.2 Å². The third kappa shape index (κ3) is 5.15. The predicted molar refractivity (Wildman–Crippen MR) is 68.2 cm³/mol. The van der Waals surface area contributed by atoms with Gasteiger partial charge in [-0.05, 0) is 32.1 Å². The second-order valence-corrected chi connectivity index (χ2v) is 4.42. The first-order valence-corrected chi connectivity index (χ1v) is 6.30. The molecule has 1 aliphatic rings. The van der Waals surface area contributed by atoms with Crippen molar-refractivity contribution in [3.63, 3.8) is 0 Å². The van der Waals surface area contributed by atoms with E-state index in [9.17, 15) is 4.79 Å². The number of likely N-dealkylation sites (N-methyl/N-ethyl adjacent to an activating group) is 1. The number of hydrogen-bond acceptors (Lipinski definition) is 1. The number of nitrogens with zero attached hydrogens (tertiary/aromatic N) is 1. The highest BCUT2D eigenvalue weighted by Crippen LogP contribution is 2.30. The summed E-state index contributed by atoms with van der Waals surface area (Å²) in [7, 11) is 1.89. The Morgan fingerprint density at radius 1 is 1.19 bits per heavy atom. The lowest BCUT2D eigenvalue weighted by Crippen LogP contribution is -2.27. The molecule has 2 heteroatoms. The van der Waals surface area contributed by atoms with Crippen molar-refractivity contribution in [2.75, 3.05) is 13.6 Å². The van der Waals surface area contributed by atoms with E-state index in [1.54, 1.807) is 0 Å². The summed E-state index contributed by atoms with van der Waals surface area (Å²) >= 11 is 0. The highest BCUT2D eigenvalue weighted by atomic mass is 16.2. The van der Waals surface area contributed by atoms with Crippen molar-refractivity contribution in [2.45, 2.75) is 39.0 Å². The van der Waals surface area contributed by atoms with Gasteiger partial charge in [-0.15, -0.1) is 0 Å². The molecule has 90 valence electrons. The summed E-state index contributed by atoms with van der Waals surface area (Å²) in [5.74, 6) is 0.654. The van der Waals surface area contributed by atoms with Crippen LogP contribution in [0.25, 0.3) is 0 Å². The molecule has 0 spiro atoms. The summed E-state index contributed by atoms with van der Waals surface area (Å²) < 4.78 is 0. The van der Waals surface area contributed by atoms with Crippen molar-refractivity contribution in [1.29, 1.82) is 0 Å². The van der Waals surface area contributed by atoms with Crippen molar-refractivity contribution in [3.8, 4) is 0 Å². The molecular weight excluding hydrogens is 198 g/mol. The zero-order valence-corrected chi connectivity index (χ0v) is 10.5. The Morgan fingerprint density at radius 2 is 1.81 bits per heavy atom. The van der Waals surface area contributed by atoms with Gasteiger partial charge in [0, 0.05) is 19.5 Å². The first kappa shape index (κ1) is 13.0. The van der Waals surface area contributed by atoms with Crippen molar-refractivity contribution in [1.82, 2.24) is 4.90 Å². The van der Waals surface area contributed by atoms with Crippen molar-refractivity contribution >= 4 is 5.91 Å². The maximum atomic E-state index is 11.6. The summed E-state index contributed by atoms with van der Waals surface area (Å²) in [6, 6.07) is 0. The molecule has 0 atom stereocenters. The molecule has 1 rings (SSSR count). The molecule has 1 saturated carbocycles. The van der Waals surface area contributed by atoms with E-state index in [1.165, 1.54) is 0 Å². The number of amides is 1. The van der Waals surface area contributed by atoms with Gasteiger partial charge in [-0.2, -0.15) is 0 Å². The molecule has 0 aromatic rings. The second kappa shape index (κ2) is 7.26. The zero-order chi connectivity index (χ0) is 11.8. The number of rotatable bonds is 7. The first-order chi connectivity index (χ1) is 7.75. The van der Waals surface area contributed by atoms with E-state index in [0.29, 0.717) is 11.8 Å². The minimum Gasteiger partial charge on any atom is -0.342 e. The molecule has 0 unspecified atom stereocenters. The Hall–Kier alpha value is -1.05. The largest absolute Gasteiger partial charge is 0.342 e. The van der Waals surface area contributed by atoms with Gasteiger partial charge in [-0.25, -0.2) is 0 Å². The van der Waals surface area contributed by atoms with E-state index in [2.05, 4.69) is 31.2 Å². The van der Waals surface area contributed by atoms with Crippen LogP contribution in [-0.4, -0.2) is 24.4 Å². The number of allylic oxidation sites excluding steroid dienone is 3. The first-order valence-electron chi connectivity index (χ1n) is 6.30. The highest BCUT2D eigenvalue weighted by molar-refractivity contribution is 5.80. The number of carbonyl (C=O) groups is 1. The number of carbonyl (C=O) groups excluding carboxylic acids is 1. The molecule has 1 amide bonds. The van der Waals surface area contributed by atoms with Crippen LogP contribution in [0.1, 0.15) is 39.0 Å². The SMILES string of the molecule is CC/C=C/CC/C=C/CN(C)C(=O)C1CC1. The van der Waals surface area contributed by atoms with Crippen LogP contribution in [0, 0.1) is 5.92 Å². The molecule has 0 saturated heterocycles. The van der Waals surface area contributed by atoms with Crippen LogP contribution in [0.3, 0.4) is 0 Å². The smallest absolute Gasteiger partial charge is 0.225 e. The monoisotopic (exact) mass is 221 g/mol. The zero-order valence-electron chi connectivity index (χ0n) is 10.5. The van der Waals surface area contributed by atoms with Crippen molar-refractivity contribution < 1.29 is 4.79 Å². The standard InChI is InChI=1S/C14H23NO/c1-3-4-5-6-7-8-9-12-15(2)14(16)13-10-11-13/h4-5,8-9,13H,3,6-7,10-12H2,1-2H3/b5-4+,9-8+. The molecule has 2 nitrogen and oxygen atoms in total. The Morgan fingerprint density at radius 3 is 2.38 bits per heavy atom. The summed E-state index contributed by atoms with van der Waals surface area (Å²) in [6.45, 7) is 2.90. The third-order valence-electron chi connectivity index (χ3n) is 2.75. The molecule has 0 bridgehead atoms. The molecule has 0 aromatic heterocycles. The summed E-state index contributed by atoms with van der Waals surface area (Å²) in [6.07, 6.45) is 14.1. The maximum absolute atomic E-state index is 11.6. The van der Waals surface area contributed by atoms with E-state index in [0.717, 1.165) is 38.6 Å². The van der Waals surface area contributed by atoms with Gasteiger partial charge in [0.15, 0.2) is 0 Å². The Labute approximate surface area is 99.0 Å². The van der Waals surface area contributed by atoms with Gasteiger partial charge in [0.25, 0.3) is 0 Å². The predicted octanol–water partition coefficient (Wildman–Crippen LogP) is 3.16. The molecule has 16 heavy (non-hydrogen) atoms.